The minimum absolute atomic E-state index is 0. The van der Waals surface area contributed by atoms with Gasteiger partial charge in [0.05, 0.1) is 27.8 Å². The first-order chi connectivity index (χ1) is 14.7. The van der Waals surface area contributed by atoms with E-state index in [-0.39, 0.29) is 23.7 Å². The molecule has 0 fully saturated rings. The van der Waals surface area contributed by atoms with Crippen molar-refractivity contribution in [3.63, 3.8) is 0 Å². The Labute approximate surface area is 197 Å². The fraction of sp³-hybridized carbons (Fsp3) is 0.130. The number of primary amides is 1. The monoisotopic (exact) mass is 471 g/mol. The summed E-state index contributed by atoms with van der Waals surface area (Å²) in [5, 5.41) is 11.0. The zero-order chi connectivity index (χ0) is 22.7. The molecule has 9 heteroatoms. The number of pyridine rings is 1. The Balaban J connectivity index is 0.00000363. The van der Waals surface area contributed by atoms with Gasteiger partial charge in [-0.25, -0.2) is 0 Å². The Bertz CT molecular complexity index is 1160. The Kier molecular flexibility index (Phi) is 7.97. The van der Waals surface area contributed by atoms with Gasteiger partial charge in [0.15, 0.2) is 0 Å². The van der Waals surface area contributed by atoms with Crippen LogP contribution in [-0.4, -0.2) is 29.7 Å². The molecule has 1 heterocycles. The maximum Gasteiger partial charge on any atom is 0.255 e. The van der Waals surface area contributed by atoms with Gasteiger partial charge in [-0.15, -0.1) is 12.4 Å². The van der Waals surface area contributed by atoms with Crippen LogP contribution in [0.1, 0.15) is 33.2 Å². The summed E-state index contributed by atoms with van der Waals surface area (Å²) in [5.41, 5.74) is 9.15. The van der Waals surface area contributed by atoms with E-state index in [1.54, 1.807) is 61.3 Å². The number of carbonyl (C=O) groups is 2. The maximum absolute atomic E-state index is 13.0. The number of amidine groups is 1. The minimum Gasteiger partial charge on any atom is -0.366 e. The molecule has 0 spiro atoms. The molecular formula is C23H23Cl2N5O2. The summed E-state index contributed by atoms with van der Waals surface area (Å²) in [6.07, 6.45) is 1.50. The van der Waals surface area contributed by atoms with E-state index in [0.29, 0.717) is 27.7 Å². The highest BCUT2D eigenvalue weighted by molar-refractivity contribution is 6.30. The molecule has 0 unspecified atom stereocenters. The number of anilines is 2. The first-order valence-electron chi connectivity index (χ1n) is 9.44. The standard InChI is InChI=1S/C23H22ClN5O2.ClH/c1-13-10-18(20-9-6-16(24)12-27-20)21(19(11-13)22(26)30)28-23(31)15-4-7-17(8-5-15)29(3)14(2)25;/h4-12,25H,1-3H3,(H2,26,30)(H,28,31);1H. The van der Waals surface area contributed by atoms with Gasteiger partial charge in [0.25, 0.3) is 11.8 Å². The summed E-state index contributed by atoms with van der Waals surface area (Å²) in [5.74, 6) is -0.682. The lowest BCUT2D eigenvalue weighted by Gasteiger charge is -2.18. The minimum atomic E-state index is -0.660. The summed E-state index contributed by atoms with van der Waals surface area (Å²) in [4.78, 5) is 31.1. The topological polar surface area (TPSA) is 112 Å². The number of benzene rings is 2. The van der Waals surface area contributed by atoms with Crippen LogP contribution in [0, 0.1) is 12.3 Å². The fourth-order valence-corrected chi connectivity index (χ4v) is 3.18. The van der Waals surface area contributed by atoms with Crippen LogP contribution < -0.4 is 16.0 Å². The molecule has 7 nitrogen and oxygen atoms in total. The molecule has 0 bridgehead atoms. The molecule has 4 N–H and O–H groups in total. The number of nitrogens with zero attached hydrogens (tertiary/aromatic N) is 2. The van der Waals surface area contributed by atoms with E-state index in [4.69, 9.17) is 22.7 Å². The molecule has 166 valence electrons. The van der Waals surface area contributed by atoms with Gasteiger partial charge < -0.3 is 16.0 Å². The van der Waals surface area contributed by atoms with Crippen LogP contribution in [-0.2, 0) is 0 Å². The number of amides is 2. The van der Waals surface area contributed by atoms with Crippen LogP contribution >= 0.6 is 24.0 Å². The highest BCUT2D eigenvalue weighted by Gasteiger charge is 2.19. The molecule has 2 aromatic carbocycles. The molecule has 0 atom stereocenters. The molecular weight excluding hydrogens is 449 g/mol. The van der Waals surface area contributed by atoms with Gasteiger partial charge in [-0.2, -0.15) is 0 Å². The molecule has 1 aromatic heterocycles. The van der Waals surface area contributed by atoms with Gasteiger partial charge in [-0.1, -0.05) is 11.6 Å². The number of hydrogen-bond acceptors (Lipinski definition) is 4. The second-order valence-electron chi connectivity index (χ2n) is 7.11. The average molecular weight is 472 g/mol. The maximum atomic E-state index is 13.0. The lowest BCUT2D eigenvalue weighted by molar-refractivity contribution is 0.100. The third-order valence-electron chi connectivity index (χ3n) is 4.81. The van der Waals surface area contributed by atoms with Crippen molar-refractivity contribution in [1.82, 2.24) is 4.98 Å². The van der Waals surface area contributed by atoms with Crippen molar-refractivity contribution >= 4 is 53.0 Å². The molecule has 0 aliphatic heterocycles. The van der Waals surface area contributed by atoms with Gasteiger partial charge in [0, 0.05) is 30.1 Å². The highest BCUT2D eigenvalue weighted by Crippen LogP contribution is 2.32. The van der Waals surface area contributed by atoms with Gasteiger partial charge in [-0.05, 0) is 67.9 Å². The normalized spacial score (nSPS) is 10.1. The SMILES string of the molecule is CC(=N)N(C)c1ccc(C(=O)Nc2c(C(N)=O)cc(C)cc2-c2ccc(Cl)cn2)cc1.Cl. The summed E-state index contributed by atoms with van der Waals surface area (Å²) in [7, 11) is 1.77. The molecule has 0 aliphatic carbocycles. The first-order valence-corrected chi connectivity index (χ1v) is 9.82. The lowest BCUT2D eigenvalue weighted by Crippen LogP contribution is -2.22. The number of carbonyl (C=O) groups excluding carboxylic acids is 2. The van der Waals surface area contributed by atoms with Gasteiger partial charge >= 0.3 is 0 Å². The number of halogens is 2. The third-order valence-corrected chi connectivity index (χ3v) is 5.03. The molecule has 3 rings (SSSR count). The Morgan fingerprint density at radius 1 is 1.12 bits per heavy atom. The van der Waals surface area contributed by atoms with Crippen molar-refractivity contribution in [1.29, 1.82) is 5.41 Å². The van der Waals surface area contributed by atoms with Crippen LogP contribution in [0.25, 0.3) is 11.3 Å². The quantitative estimate of drug-likeness (QED) is 0.362. The van der Waals surface area contributed by atoms with Crippen LogP contribution in [0.4, 0.5) is 11.4 Å². The number of aryl methyl sites for hydroxylation is 1. The lowest BCUT2D eigenvalue weighted by atomic mass is 9.99. The second kappa shape index (κ2) is 10.3. The van der Waals surface area contributed by atoms with E-state index in [1.165, 1.54) is 6.20 Å². The predicted molar refractivity (Wildman–Crippen MR) is 131 cm³/mol. The number of nitrogens with one attached hydrogen (secondary N) is 2. The molecule has 32 heavy (non-hydrogen) atoms. The highest BCUT2D eigenvalue weighted by atomic mass is 35.5. The van der Waals surface area contributed by atoms with Crippen molar-refractivity contribution in [2.45, 2.75) is 13.8 Å². The van der Waals surface area contributed by atoms with Crippen molar-refractivity contribution in [2.24, 2.45) is 5.73 Å². The van der Waals surface area contributed by atoms with E-state index in [0.717, 1.165) is 11.3 Å². The van der Waals surface area contributed by atoms with Crippen LogP contribution in [0.3, 0.4) is 0 Å². The van der Waals surface area contributed by atoms with Crippen LogP contribution in [0.15, 0.2) is 54.7 Å². The fourth-order valence-electron chi connectivity index (χ4n) is 3.07. The van der Waals surface area contributed by atoms with E-state index in [9.17, 15) is 9.59 Å². The molecule has 0 saturated carbocycles. The average Bonchev–Trinajstić information content (AvgIpc) is 2.74. The summed E-state index contributed by atoms with van der Waals surface area (Å²) >= 11 is 5.95. The van der Waals surface area contributed by atoms with Crippen LogP contribution in [0.2, 0.25) is 5.02 Å². The van der Waals surface area contributed by atoms with Gasteiger partial charge in [-0.3, -0.25) is 20.0 Å². The predicted octanol–water partition coefficient (Wildman–Crippen LogP) is 4.92. The van der Waals surface area contributed by atoms with E-state index in [2.05, 4.69) is 10.3 Å². The molecule has 0 radical (unpaired) electrons. The number of rotatable bonds is 5. The van der Waals surface area contributed by atoms with Crippen molar-refractivity contribution in [3.8, 4) is 11.3 Å². The Morgan fingerprint density at radius 2 is 1.78 bits per heavy atom. The van der Waals surface area contributed by atoms with E-state index < -0.39 is 11.8 Å². The molecule has 2 amide bonds. The number of aromatic nitrogens is 1. The Morgan fingerprint density at radius 3 is 2.31 bits per heavy atom. The van der Waals surface area contributed by atoms with E-state index >= 15 is 0 Å². The summed E-state index contributed by atoms with van der Waals surface area (Å²) in [6, 6.07) is 13.7. The van der Waals surface area contributed by atoms with Gasteiger partial charge in [0.2, 0.25) is 0 Å². The van der Waals surface area contributed by atoms with Crippen molar-refractivity contribution in [2.75, 3.05) is 17.3 Å². The third kappa shape index (κ3) is 5.43. The molecule has 0 aliphatic rings. The number of hydrogen-bond donors (Lipinski definition) is 3. The zero-order valence-electron chi connectivity index (χ0n) is 17.8. The Hall–Kier alpha value is -3.42. The van der Waals surface area contributed by atoms with Crippen molar-refractivity contribution in [3.05, 3.63) is 76.4 Å². The summed E-state index contributed by atoms with van der Waals surface area (Å²) in [6.45, 7) is 3.51. The van der Waals surface area contributed by atoms with Crippen molar-refractivity contribution < 1.29 is 9.59 Å². The first kappa shape index (κ1) is 24.8. The van der Waals surface area contributed by atoms with E-state index in [1.807, 2.05) is 13.0 Å². The van der Waals surface area contributed by atoms with Crippen LogP contribution in [0.5, 0.6) is 0 Å². The second-order valence-corrected chi connectivity index (χ2v) is 7.54. The van der Waals surface area contributed by atoms with Gasteiger partial charge in [0.1, 0.15) is 0 Å². The number of nitrogens with two attached hydrogens (primary N) is 1. The molecule has 0 saturated heterocycles. The smallest absolute Gasteiger partial charge is 0.255 e. The zero-order valence-corrected chi connectivity index (χ0v) is 19.3. The largest absolute Gasteiger partial charge is 0.366 e. The summed E-state index contributed by atoms with van der Waals surface area (Å²) < 4.78 is 0. The molecule has 3 aromatic rings.